The minimum Gasteiger partial charge on any atom is -0.388 e. The van der Waals surface area contributed by atoms with E-state index in [9.17, 15) is 5.11 Å². The molecule has 2 fully saturated rings. The molecule has 4 nitrogen and oxygen atoms in total. The van der Waals surface area contributed by atoms with E-state index in [2.05, 4.69) is 31.1 Å². The molecular formula is C14H23N3O. The van der Waals surface area contributed by atoms with Crippen molar-refractivity contribution in [3.8, 4) is 0 Å². The fraction of sp³-hybridized carbons (Fsp3) is 0.857. The Hall–Kier alpha value is -0.900. The van der Waals surface area contributed by atoms with Gasteiger partial charge in [0.2, 0.25) is 0 Å². The average molecular weight is 249 g/mol. The zero-order valence-corrected chi connectivity index (χ0v) is 11.8. The maximum atomic E-state index is 11.4. The summed E-state index contributed by atoms with van der Waals surface area (Å²) in [5.41, 5.74) is 0.261. The molecule has 1 heterocycles. The van der Waals surface area contributed by atoms with Crippen LogP contribution >= 0.6 is 0 Å². The van der Waals surface area contributed by atoms with E-state index in [1.54, 1.807) is 4.68 Å². The first-order chi connectivity index (χ1) is 8.28. The quantitative estimate of drug-likeness (QED) is 0.871. The molecule has 1 aromatic heterocycles. The molecule has 3 rings (SSSR count). The highest BCUT2D eigenvalue weighted by atomic mass is 16.3. The van der Waals surface area contributed by atoms with Crippen LogP contribution in [0.15, 0.2) is 6.20 Å². The molecule has 0 aromatic carbocycles. The molecule has 3 atom stereocenters. The molecule has 1 N–H and O–H groups in total. The van der Waals surface area contributed by atoms with Crippen molar-refractivity contribution in [2.45, 2.75) is 52.1 Å². The van der Waals surface area contributed by atoms with Crippen LogP contribution in [-0.4, -0.2) is 25.7 Å². The Bertz CT molecular complexity index is 474. The summed E-state index contributed by atoms with van der Waals surface area (Å²) in [4.78, 5) is 0. The van der Waals surface area contributed by atoms with E-state index >= 15 is 0 Å². The molecule has 3 unspecified atom stereocenters. The highest BCUT2D eigenvalue weighted by Crippen LogP contribution is 2.68. The van der Waals surface area contributed by atoms with Gasteiger partial charge in [-0.1, -0.05) is 26.0 Å². The first kappa shape index (κ1) is 12.2. The van der Waals surface area contributed by atoms with Gasteiger partial charge >= 0.3 is 0 Å². The molecule has 0 amide bonds. The number of aromatic nitrogens is 3. The summed E-state index contributed by atoms with van der Waals surface area (Å²) in [7, 11) is 1.87. The van der Waals surface area contributed by atoms with Crippen LogP contribution in [0, 0.1) is 16.7 Å². The summed E-state index contributed by atoms with van der Waals surface area (Å²) in [5.74, 6) is 0.643. The monoisotopic (exact) mass is 249 g/mol. The van der Waals surface area contributed by atoms with E-state index < -0.39 is 5.60 Å². The third kappa shape index (κ3) is 1.30. The Morgan fingerprint density at radius 3 is 2.67 bits per heavy atom. The van der Waals surface area contributed by atoms with Gasteiger partial charge in [0.25, 0.3) is 0 Å². The third-order valence-corrected chi connectivity index (χ3v) is 5.91. The van der Waals surface area contributed by atoms with Gasteiger partial charge in [-0.2, -0.15) is 0 Å². The predicted octanol–water partition coefficient (Wildman–Crippen LogP) is 1.93. The summed E-state index contributed by atoms with van der Waals surface area (Å²) in [6.45, 7) is 6.69. The molecular weight excluding hydrogens is 226 g/mol. The highest BCUT2D eigenvalue weighted by molar-refractivity contribution is 5.21. The number of hydrogen-bond acceptors (Lipinski definition) is 3. The summed E-state index contributed by atoms with van der Waals surface area (Å²) >= 11 is 0. The van der Waals surface area contributed by atoms with Crippen LogP contribution in [0.1, 0.15) is 45.7 Å². The molecule has 0 radical (unpaired) electrons. The van der Waals surface area contributed by atoms with E-state index in [0.29, 0.717) is 12.3 Å². The maximum absolute atomic E-state index is 11.4. The van der Waals surface area contributed by atoms with E-state index in [-0.39, 0.29) is 10.8 Å². The largest absolute Gasteiger partial charge is 0.388 e. The van der Waals surface area contributed by atoms with Crippen molar-refractivity contribution in [3.05, 3.63) is 11.9 Å². The Morgan fingerprint density at radius 2 is 2.17 bits per heavy atom. The minimum atomic E-state index is -0.654. The number of rotatable bonds is 2. The van der Waals surface area contributed by atoms with Crippen LogP contribution in [0.5, 0.6) is 0 Å². The molecule has 4 heteroatoms. The lowest BCUT2D eigenvalue weighted by Gasteiger charge is -2.50. The molecule has 100 valence electrons. The van der Waals surface area contributed by atoms with Crippen molar-refractivity contribution in [2.75, 3.05) is 0 Å². The van der Waals surface area contributed by atoms with Crippen molar-refractivity contribution in [1.29, 1.82) is 0 Å². The summed E-state index contributed by atoms with van der Waals surface area (Å²) in [6, 6.07) is 0. The van der Waals surface area contributed by atoms with E-state index in [1.807, 2.05) is 13.2 Å². The lowest BCUT2D eigenvalue weighted by Crippen LogP contribution is -2.55. The van der Waals surface area contributed by atoms with Crippen LogP contribution in [-0.2, 0) is 13.5 Å². The van der Waals surface area contributed by atoms with Crippen molar-refractivity contribution < 1.29 is 5.11 Å². The van der Waals surface area contributed by atoms with Crippen LogP contribution in [0.2, 0.25) is 0 Å². The third-order valence-electron chi connectivity index (χ3n) is 5.91. The molecule has 0 saturated heterocycles. The van der Waals surface area contributed by atoms with Gasteiger partial charge in [-0.05, 0) is 36.0 Å². The Kier molecular flexibility index (Phi) is 2.26. The SMILES string of the molecule is Cn1cc(CC2(O)C3(C)CCC(C3)C2(C)C)nn1. The Labute approximate surface area is 108 Å². The smallest absolute Gasteiger partial charge is 0.0856 e. The van der Waals surface area contributed by atoms with Gasteiger partial charge in [0.1, 0.15) is 0 Å². The van der Waals surface area contributed by atoms with Crippen molar-refractivity contribution in [2.24, 2.45) is 23.8 Å². The van der Waals surface area contributed by atoms with Crippen molar-refractivity contribution in [1.82, 2.24) is 15.0 Å². The van der Waals surface area contributed by atoms with Crippen LogP contribution < -0.4 is 0 Å². The molecule has 2 saturated carbocycles. The highest BCUT2D eigenvalue weighted by Gasteiger charge is 2.68. The molecule has 2 aliphatic rings. The molecule has 1 aromatic rings. The van der Waals surface area contributed by atoms with Gasteiger partial charge < -0.3 is 5.11 Å². The predicted molar refractivity (Wildman–Crippen MR) is 68.9 cm³/mol. The minimum absolute atomic E-state index is 0.0302. The second kappa shape index (κ2) is 3.35. The normalized spacial score (nSPS) is 41.5. The van der Waals surface area contributed by atoms with E-state index in [4.69, 9.17) is 0 Å². The zero-order chi connectivity index (χ0) is 13.2. The first-order valence-electron chi connectivity index (χ1n) is 6.86. The van der Waals surface area contributed by atoms with E-state index in [0.717, 1.165) is 18.5 Å². The fourth-order valence-electron chi connectivity index (χ4n) is 4.53. The Balaban J connectivity index is 1.97. The first-order valence-corrected chi connectivity index (χ1v) is 6.86. The fourth-order valence-corrected chi connectivity index (χ4v) is 4.53. The number of hydrogen-bond donors (Lipinski definition) is 1. The zero-order valence-electron chi connectivity index (χ0n) is 11.8. The molecule has 18 heavy (non-hydrogen) atoms. The second-order valence-electron chi connectivity index (χ2n) is 7.14. The van der Waals surface area contributed by atoms with Crippen molar-refractivity contribution >= 4 is 0 Å². The van der Waals surface area contributed by atoms with Crippen LogP contribution in [0.4, 0.5) is 0 Å². The summed E-state index contributed by atoms with van der Waals surface area (Å²) in [5, 5.41) is 19.5. The van der Waals surface area contributed by atoms with Gasteiger partial charge in [-0.25, -0.2) is 0 Å². The lowest BCUT2D eigenvalue weighted by atomic mass is 9.59. The van der Waals surface area contributed by atoms with Crippen LogP contribution in [0.3, 0.4) is 0 Å². The van der Waals surface area contributed by atoms with E-state index in [1.165, 1.54) is 6.42 Å². The lowest BCUT2D eigenvalue weighted by molar-refractivity contribution is -0.142. The summed E-state index contributed by atoms with van der Waals surface area (Å²) in [6.07, 6.45) is 6.09. The number of aliphatic hydroxyl groups is 1. The maximum Gasteiger partial charge on any atom is 0.0856 e. The van der Waals surface area contributed by atoms with Crippen molar-refractivity contribution in [3.63, 3.8) is 0 Å². The van der Waals surface area contributed by atoms with Crippen LogP contribution in [0.25, 0.3) is 0 Å². The average Bonchev–Trinajstić information content (AvgIpc) is 2.88. The molecule has 2 aliphatic carbocycles. The number of aryl methyl sites for hydroxylation is 1. The molecule has 2 bridgehead atoms. The topological polar surface area (TPSA) is 50.9 Å². The van der Waals surface area contributed by atoms with Gasteiger partial charge in [-0.15, -0.1) is 5.10 Å². The summed E-state index contributed by atoms with van der Waals surface area (Å²) < 4.78 is 1.71. The number of nitrogens with zero attached hydrogens (tertiary/aromatic N) is 3. The Morgan fingerprint density at radius 1 is 1.44 bits per heavy atom. The number of fused-ring (bicyclic) bond motifs is 2. The van der Waals surface area contributed by atoms with Gasteiger partial charge in [-0.3, -0.25) is 4.68 Å². The van der Waals surface area contributed by atoms with Gasteiger partial charge in [0.05, 0.1) is 11.3 Å². The molecule has 0 spiro atoms. The van der Waals surface area contributed by atoms with Gasteiger partial charge in [0.15, 0.2) is 0 Å². The molecule has 0 aliphatic heterocycles. The second-order valence-corrected chi connectivity index (χ2v) is 7.14. The van der Waals surface area contributed by atoms with Gasteiger partial charge in [0, 0.05) is 19.7 Å². The standard InChI is InChI=1S/C14H23N3O/c1-12(2)10-5-6-13(3,7-10)14(12,18)8-11-9-17(4)16-15-11/h9-10,18H,5-8H2,1-4H3.